The number of amides is 1. The first kappa shape index (κ1) is 18.0. The second kappa shape index (κ2) is 8.47. The van der Waals surface area contributed by atoms with Crippen LogP contribution >= 0.6 is 0 Å². The monoisotopic (exact) mass is 331 g/mol. The molecule has 130 valence electrons. The molecule has 2 heterocycles. The van der Waals surface area contributed by atoms with Crippen molar-refractivity contribution in [3.05, 3.63) is 40.9 Å². The zero-order valence-electron chi connectivity index (χ0n) is 14.5. The molecule has 2 rings (SSSR count). The van der Waals surface area contributed by atoms with Crippen LogP contribution in [-0.2, 0) is 11.3 Å². The molecule has 0 fully saturated rings. The summed E-state index contributed by atoms with van der Waals surface area (Å²) in [5, 5.41) is 7.12. The number of hydrogen-bond acceptors (Lipinski definition) is 4. The highest BCUT2D eigenvalue weighted by Crippen LogP contribution is 2.15. The summed E-state index contributed by atoms with van der Waals surface area (Å²) in [6, 6.07) is 6.57. The SMILES string of the molecule is CC(C)CCC[C@@H](C)NC(=O)Cn1nc(-c2ccco2)ccc1=O. The molecule has 0 spiro atoms. The molecule has 0 unspecified atom stereocenters. The van der Waals surface area contributed by atoms with Crippen LogP contribution in [-0.4, -0.2) is 21.7 Å². The molecular formula is C18H25N3O3. The van der Waals surface area contributed by atoms with Gasteiger partial charge in [0.1, 0.15) is 12.2 Å². The van der Waals surface area contributed by atoms with Crippen LogP contribution in [0.25, 0.3) is 11.5 Å². The van der Waals surface area contributed by atoms with Gasteiger partial charge in [0.15, 0.2) is 5.76 Å². The van der Waals surface area contributed by atoms with Gasteiger partial charge in [0.25, 0.3) is 5.56 Å². The van der Waals surface area contributed by atoms with Gasteiger partial charge in [0, 0.05) is 12.1 Å². The minimum atomic E-state index is -0.312. The first-order chi connectivity index (χ1) is 11.5. The summed E-state index contributed by atoms with van der Waals surface area (Å²) in [5.74, 6) is 1.02. The Hall–Kier alpha value is -2.37. The van der Waals surface area contributed by atoms with Crippen molar-refractivity contribution in [1.82, 2.24) is 15.1 Å². The van der Waals surface area contributed by atoms with Gasteiger partial charge in [-0.05, 0) is 37.5 Å². The molecule has 1 N–H and O–H groups in total. The van der Waals surface area contributed by atoms with Crippen molar-refractivity contribution in [2.75, 3.05) is 0 Å². The van der Waals surface area contributed by atoms with E-state index in [1.165, 1.54) is 12.3 Å². The van der Waals surface area contributed by atoms with Crippen LogP contribution in [0.2, 0.25) is 0 Å². The summed E-state index contributed by atoms with van der Waals surface area (Å²) in [4.78, 5) is 24.0. The van der Waals surface area contributed by atoms with Gasteiger partial charge in [-0.25, -0.2) is 4.68 Å². The lowest BCUT2D eigenvalue weighted by atomic mass is 10.0. The summed E-state index contributed by atoms with van der Waals surface area (Å²) >= 11 is 0. The molecule has 24 heavy (non-hydrogen) atoms. The molecule has 0 saturated heterocycles. The van der Waals surface area contributed by atoms with Crippen LogP contribution in [0.15, 0.2) is 39.7 Å². The highest BCUT2D eigenvalue weighted by molar-refractivity contribution is 5.75. The molecule has 0 aliphatic heterocycles. The number of hydrogen-bond donors (Lipinski definition) is 1. The molecule has 0 bridgehead atoms. The number of rotatable bonds is 8. The fraction of sp³-hybridized carbons (Fsp3) is 0.500. The average molecular weight is 331 g/mol. The summed E-state index contributed by atoms with van der Waals surface area (Å²) in [6.45, 7) is 6.26. The summed E-state index contributed by atoms with van der Waals surface area (Å²) < 4.78 is 6.43. The number of carbonyl (C=O) groups excluding carboxylic acids is 1. The Morgan fingerprint density at radius 2 is 2.04 bits per heavy atom. The Morgan fingerprint density at radius 1 is 1.25 bits per heavy atom. The lowest BCUT2D eigenvalue weighted by Gasteiger charge is -2.15. The Morgan fingerprint density at radius 3 is 2.71 bits per heavy atom. The van der Waals surface area contributed by atoms with Crippen molar-refractivity contribution in [2.45, 2.75) is 52.6 Å². The largest absolute Gasteiger partial charge is 0.463 e. The maximum Gasteiger partial charge on any atom is 0.267 e. The van der Waals surface area contributed by atoms with Crippen molar-refractivity contribution in [1.29, 1.82) is 0 Å². The summed E-state index contributed by atoms with van der Waals surface area (Å²) in [6.07, 6.45) is 4.69. The quantitative estimate of drug-likeness (QED) is 0.807. The predicted octanol–water partition coefficient (Wildman–Crippen LogP) is 2.83. The average Bonchev–Trinajstić information content (AvgIpc) is 3.03. The van der Waals surface area contributed by atoms with Gasteiger partial charge in [0.05, 0.1) is 6.26 Å². The zero-order valence-corrected chi connectivity index (χ0v) is 14.5. The zero-order chi connectivity index (χ0) is 17.5. The van der Waals surface area contributed by atoms with Crippen LogP contribution in [0.5, 0.6) is 0 Å². The molecule has 1 amide bonds. The molecular weight excluding hydrogens is 306 g/mol. The number of nitrogens with one attached hydrogen (secondary N) is 1. The molecule has 0 aliphatic rings. The van der Waals surface area contributed by atoms with Crippen molar-refractivity contribution in [3.8, 4) is 11.5 Å². The Balaban J connectivity index is 1.94. The molecule has 2 aromatic rings. The van der Waals surface area contributed by atoms with Crippen LogP contribution in [0, 0.1) is 5.92 Å². The van der Waals surface area contributed by atoms with E-state index in [1.54, 1.807) is 18.2 Å². The van der Waals surface area contributed by atoms with E-state index in [2.05, 4.69) is 24.3 Å². The fourth-order valence-electron chi connectivity index (χ4n) is 2.48. The van der Waals surface area contributed by atoms with E-state index in [0.717, 1.165) is 23.9 Å². The second-order valence-electron chi connectivity index (χ2n) is 6.49. The van der Waals surface area contributed by atoms with E-state index in [4.69, 9.17) is 4.42 Å². The first-order valence-corrected chi connectivity index (χ1v) is 8.37. The van der Waals surface area contributed by atoms with Crippen LogP contribution < -0.4 is 10.9 Å². The van der Waals surface area contributed by atoms with E-state index in [1.807, 2.05) is 6.92 Å². The maximum absolute atomic E-state index is 12.1. The van der Waals surface area contributed by atoms with Gasteiger partial charge < -0.3 is 9.73 Å². The Kier molecular flexibility index (Phi) is 6.35. The third-order valence-electron chi connectivity index (χ3n) is 3.76. The Labute approximate surface area is 141 Å². The number of carbonyl (C=O) groups is 1. The third-order valence-corrected chi connectivity index (χ3v) is 3.76. The van der Waals surface area contributed by atoms with Crippen LogP contribution in [0.1, 0.15) is 40.0 Å². The van der Waals surface area contributed by atoms with Gasteiger partial charge in [-0.2, -0.15) is 5.10 Å². The normalized spacial score (nSPS) is 12.3. The van der Waals surface area contributed by atoms with Gasteiger partial charge in [-0.3, -0.25) is 9.59 Å². The molecule has 6 nitrogen and oxygen atoms in total. The molecule has 0 aliphatic carbocycles. The molecule has 2 aromatic heterocycles. The van der Waals surface area contributed by atoms with Gasteiger partial charge >= 0.3 is 0 Å². The fourth-order valence-corrected chi connectivity index (χ4v) is 2.48. The van der Waals surface area contributed by atoms with E-state index >= 15 is 0 Å². The highest BCUT2D eigenvalue weighted by atomic mass is 16.3. The standard InChI is InChI=1S/C18H25N3O3/c1-13(2)6-4-7-14(3)19-17(22)12-21-18(23)10-9-15(20-21)16-8-5-11-24-16/h5,8-11,13-14H,4,6-7,12H2,1-3H3,(H,19,22)/t14-/m1/s1. The minimum Gasteiger partial charge on any atom is -0.463 e. The van der Waals surface area contributed by atoms with Crippen molar-refractivity contribution in [3.63, 3.8) is 0 Å². The Bertz CT molecular complexity index is 705. The third kappa shape index (κ3) is 5.37. The molecule has 1 atom stereocenters. The molecule has 0 aromatic carbocycles. The molecule has 0 radical (unpaired) electrons. The summed E-state index contributed by atoms with van der Waals surface area (Å²) in [5.41, 5.74) is 0.213. The molecule has 6 heteroatoms. The van der Waals surface area contributed by atoms with E-state index in [9.17, 15) is 9.59 Å². The number of aromatic nitrogens is 2. The van der Waals surface area contributed by atoms with Gasteiger partial charge in [-0.1, -0.05) is 26.7 Å². The van der Waals surface area contributed by atoms with E-state index < -0.39 is 0 Å². The van der Waals surface area contributed by atoms with Crippen LogP contribution in [0.3, 0.4) is 0 Å². The number of furan rings is 1. The number of nitrogens with zero attached hydrogens (tertiary/aromatic N) is 2. The summed E-state index contributed by atoms with van der Waals surface area (Å²) in [7, 11) is 0. The molecule has 0 saturated carbocycles. The van der Waals surface area contributed by atoms with Crippen LogP contribution in [0.4, 0.5) is 0 Å². The van der Waals surface area contributed by atoms with E-state index in [0.29, 0.717) is 17.4 Å². The van der Waals surface area contributed by atoms with Gasteiger partial charge in [-0.15, -0.1) is 0 Å². The van der Waals surface area contributed by atoms with Crippen molar-refractivity contribution < 1.29 is 9.21 Å². The van der Waals surface area contributed by atoms with E-state index in [-0.39, 0.29) is 24.1 Å². The second-order valence-corrected chi connectivity index (χ2v) is 6.49. The topological polar surface area (TPSA) is 77.1 Å². The smallest absolute Gasteiger partial charge is 0.267 e. The lowest BCUT2D eigenvalue weighted by Crippen LogP contribution is -2.38. The highest BCUT2D eigenvalue weighted by Gasteiger charge is 2.11. The minimum absolute atomic E-state index is 0.0835. The van der Waals surface area contributed by atoms with Crippen molar-refractivity contribution in [2.24, 2.45) is 5.92 Å². The lowest BCUT2D eigenvalue weighted by molar-refractivity contribution is -0.122. The van der Waals surface area contributed by atoms with Gasteiger partial charge in [0.2, 0.25) is 5.91 Å². The van der Waals surface area contributed by atoms with Crippen molar-refractivity contribution >= 4 is 5.91 Å². The first-order valence-electron chi connectivity index (χ1n) is 8.37. The predicted molar refractivity (Wildman–Crippen MR) is 92.5 cm³/mol. The maximum atomic E-state index is 12.1.